The van der Waals surface area contributed by atoms with Gasteiger partial charge in [0.25, 0.3) is 11.8 Å². The van der Waals surface area contributed by atoms with E-state index in [2.05, 4.69) is 31.4 Å². The predicted molar refractivity (Wildman–Crippen MR) is 97.5 cm³/mol. The van der Waals surface area contributed by atoms with Gasteiger partial charge in [0.1, 0.15) is 0 Å². The summed E-state index contributed by atoms with van der Waals surface area (Å²) >= 11 is 0. The van der Waals surface area contributed by atoms with E-state index < -0.39 is 0 Å². The van der Waals surface area contributed by atoms with Gasteiger partial charge in [-0.15, -0.1) is 0 Å². The van der Waals surface area contributed by atoms with Crippen molar-refractivity contribution in [3.8, 4) is 0 Å². The maximum absolute atomic E-state index is 12.5. The first-order valence-corrected chi connectivity index (χ1v) is 8.12. The second kappa shape index (κ2) is 7.30. The van der Waals surface area contributed by atoms with Gasteiger partial charge in [-0.2, -0.15) is 0 Å². The summed E-state index contributed by atoms with van der Waals surface area (Å²) < 4.78 is 0. The molecule has 2 aromatic carbocycles. The highest BCUT2D eigenvalue weighted by Gasteiger charge is 2.16. The molecule has 0 saturated heterocycles. The van der Waals surface area contributed by atoms with E-state index in [1.807, 2.05) is 31.2 Å². The molecule has 0 aliphatic rings. The molecule has 0 heterocycles. The molecule has 0 fully saturated rings. The lowest BCUT2D eigenvalue weighted by molar-refractivity contribution is 0.0956. The zero-order chi connectivity index (χ0) is 17.7. The molecule has 0 aliphatic heterocycles. The standard InChI is InChI=1S/C20H24N2O2/c1-5-21-19(24)16-8-6-7-9-17(16)22-18(23)14-10-12-15(13-11-14)20(2,3)4/h6-13H,5H2,1-4H3,(H,21,24)(H,22,23). The van der Waals surface area contributed by atoms with Gasteiger partial charge in [0, 0.05) is 12.1 Å². The van der Waals surface area contributed by atoms with E-state index in [0.717, 1.165) is 0 Å². The second-order valence-corrected chi connectivity index (χ2v) is 6.69. The Bertz CT molecular complexity index is 728. The van der Waals surface area contributed by atoms with Crippen LogP contribution in [0.15, 0.2) is 48.5 Å². The molecule has 0 bridgehead atoms. The number of carbonyl (C=O) groups is 2. The Morgan fingerprint density at radius 3 is 2.12 bits per heavy atom. The van der Waals surface area contributed by atoms with Gasteiger partial charge in [-0.05, 0) is 42.2 Å². The van der Waals surface area contributed by atoms with Crippen molar-refractivity contribution in [1.82, 2.24) is 5.32 Å². The lowest BCUT2D eigenvalue weighted by atomic mass is 9.86. The number of benzene rings is 2. The summed E-state index contributed by atoms with van der Waals surface area (Å²) in [7, 11) is 0. The summed E-state index contributed by atoms with van der Waals surface area (Å²) in [6, 6.07) is 14.5. The highest BCUT2D eigenvalue weighted by Crippen LogP contribution is 2.23. The van der Waals surface area contributed by atoms with Crippen molar-refractivity contribution >= 4 is 17.5 Å². The quantitative estimate of drug-likeness (QED) is 0.893. The van der Waals surface area contributed by atoms with E-state index >= 15 is 0 Å². The summed E-state index contributed by atoms with van der Waals surface area (Å²) in [6.07, 6.45) is 0. The molecule has 2 rings (SSSR count). The number of hydrogen-bond donors (Lipinski definition) is 2. The lowest BCUT2D eigenvalue weighted by Gasteiger charge is -2.19. The smallest absolute Gasteiger partial charge is 0.255 e. The van der Waals surface area contributed by atoms with Gasteiger partial charge in [0.05, 0.1) is 11.3 Å². The van der Waals surface area contributed by atoms with Crippen molar-refractivity contribution in [1.29, 1.82) is 0 Å². The molecule has 2 aromatic rings. The van der Waals surface area contributed by atoms with Crippen LogP contribution >= 0.6 is 0 Å². The molecule has 0 radical (unpaired) electrons. The molecule has 126 valence electrons. The molecule has 0 atom stereocenters. The lowest BCUT2D eigenvalue weighted by Crippen LogP contribution is -2.24. The first-order chi connectivity index (χ1) is 11.3. The van der Waals surface area contributed by atoms with Crippen molar-refractivity contribution in [3.63, 3.8) is 0 Å². The van der Waals surface area contributed by atoms with E-state index in [1.54, 1.807) is 24.3 Å². The van der Waals surface area contributed by atoms with Crippen LogP contribution in [0.5, 0.6) is 0 Å². The molecule has 4 nitrogen and oxygen atoms in total. The third-order valence-electron chi connectivity index (χ3n) is 3.77. The number of carbonyl (C=O) groups excluding carboxylic acids is 2. The monoisotopic (exact) mass is 324 g/mol. The van der Waals surface area contributed by atoms with Crippen LogP contribution in [-0.2, 0) is 5.41 Å². The Labute approximate surface area is 143 Å². The molecule has 4 heteroatoms. The zero-order valence-electron chi connectivity index (χ0n) is 14.6. The van der Waals surface area contributed by atoms with Crippen molar-refractivity contribution in [2.45, 2.75) is 33.1 Å². The van der Waals surface area contributed by atoms with Crippen LogP contribution in [0.25, 0.3) is 0 Å². The van der Waals surface area contributed by atoms with Crippen LogP contribution < -0.4 is 10.6 Å². The van der Waals surface area contributed by atoms with Gasteiger partial charge >= 0.3 is 0 Å². The predicted octanol–water partition coefficient (Wildman–Crippen LogP) is 3.99. The highest BCUT2D eigenvalue weighted by atomic mass is 16.2. The molecular weight excluding hydrogens is 300 g/mol. The molecule has 2 amide bonds. The van der Waals surface area contributed by atoms with Gasteiger partial charge in [0.15, 0.2) is 0 Å². The number of para-hydroxylation sites is 1. The fraction of sp³-hybridized carbons (Fsp3) is 0.300. The van der Waals surface area contributed by atoms with E-state index in [1.165, 1.54) is 5.56 Å². The summed E-state index contributed by atoms with van der Waals surface area (Å²) in [5, 5.41) is 5.57. The van der Waals surface area contributed by atoms with E-state index in [0.29, 0.717) is 23.4 Å². The summed E-state index contributed by atoms with van der Waals surface area (Å²) in [6.45, 7) is 8.78. The number of amides is 2. The minimum absolute atomic E-state index is 0.0415. The molecule has 2 N–H and O–H groups in total. The average molecular weight is 324 g/mol. The van der Waals surface area contributed by atoms with Crippen LogP contribution in [0.1, 0.15) is 54.0 Å². The first kappa shape index (κ1) is 17.7. The van der Waals surface area contributed by atoms with Crippen LogP contribution in [0.2, 0.25) is 0 Å². The topological polar surface area (TPSA) is 58.2 Å². The molecular formula is C20H24N2O2. The zero-order valence-corrected chi connectivity index (χ0v) is 14.6. The molecule has 0 unspecified atom stereocenters. The summed E-state index contributed by atoms with van der Waals surface area (Å²) in [5.41, 5.74) is 2.74. The van der Waals surface area contributed by atoms with E-state index in [9.17, 15) is 9.59 Å². The summed E-state index contributed by atoms with van der Waals surface area (Å²) in [4.78, 5) is 24.5. The van der Waals surface area contributed by atoms with Gasteiger partial charge in [-0.1, -0.05) is 45.0 Å². The second-order valence-electron chi connectivity index (χ2n) is 6.69. The van der Waals surface area contributed by atoms with Gasteiger partial charge < -0.3 is 10.6 Å². The average Bonchev–Trinajstić information content (AvgIpc) is 2.55. The first-order valence-electron chi connectivity index (χ1n) is 8.12. The number of rotatable bonds is 4. The molecule has 24 heavy (non-hydrogen) atoms. The minimum Gasteiger partial charge on any atom is -0.352 e. The van der Waals surface area contributed by atoms with E-state index in [4.69, 9.17) is 0 Å². The van der Waals surface area contributed by atoms with Crippen molar-refractivity contribution in [2.24, 2.45) is 0 Å². The third-order valence-corrected chi connectivity index (χ3v) is 3.77. The minimum atomic E-state index is -0.229. The van der Waals surface area contributed by atoms with Crippen molar-refractivity contribution < 1.29 is 9.59 Å². The fourth-order valence-electron chi connectivity index (χ4n) is 2.36. The van der Waals surface area contributed by atoms with Crippen LogP contribution in [0.3, 0.4) is 0 Å². The van der Waals surface area contributed by atoms with Crippen molar-refractivity contribution in [2.75, 3.05) is 11.9 Å². The maximum Gasteiger partial charge on any atom is 0.255 e. The Morgan fingerprint density at radius 1 is 0.917 bits per heavy atom. The highest BCUT2D eigenvalue weighted by molar-refractivity contribution is 6.09. The molecule has 0 aromatic heterocycles. The maximum atomic E-state index is 12.5. The van der Waals surface area contributed by atoms with Crippen LogP contribution in [0, 0.1) is 0 Å². The normalized spacial score (nSPS) is 11.0. The fourth-order valence-corrected chi connectivity index (χ4v) is 2.36. The Kier molecular flexibility index (Phi) is 5.39. The molecule has 0 spiro atoms. The third kappa shape index (κ3) is 4.22. The Balaban J connectivity index is 2.20. The van der Waals surface area contributed by atoms with Gasteiger partial charge in [0.2, 0.25) is 0 Å². The van der Waals surface area contributed by atoms with E-state index in [-0.39, 0.29) is 17.2 Å². The number of anilines is 1. The summed E-state index contributed by atoms with van der Waals surface area (Å²) in [5.74, 6) is -0.427. The van der Waals surface area contributed by atoms with Gasteiger partial charge in [-0.3, -0.25) is 9.59 Å². The largest absolute Gasteiger partial charge is 0.352 e. The number of hydrogen-bond acceptors (Lipinski definition) is 2. The van der Waals surface area contributed by atoms with Crippen molar-refractivity contribution in [3.05, 3.63) is 65.2 Å². The Morgan fingerprint density at radius 2 is 1.54 bits per heavy atom. The van der Waals surface area contributed by atoms with Crippen LogP contribution in [0.4, 0.5) is 5.69 Å². The van der Waals surface area contributed by atoms with Gasteiger partial charge in [-0.25, -0.2) is 0 Å². The SMILES string of the molecule is CCNC(=O)c1ccccc1NC(=O)c1ccc(C(C)(C)C)cc1. The van der Waals surface area contributed by atoms with Crippen LogP contribution in [-0.4, -0.2) is 18.4 Å². The number of nitrogens with one attached hydrogen (secondary N) is 2. The molecule has 0 aliphatic carbocycles. The Hall–Kier alpha value is -2.62. The molecule has 0 saturated carbocycles.